The van der Waals surface area contributed by atoms with Crippen molar-refractivity contribution in [3.8, 4) is 11.1 Å². The van der Waals surface area contributed by atoms with E-state index in [0.29, 0.717) is 0 Å². The second kappa shape index (κ2) is 7.44. The Labute approximate surface area is 222 Å². The fourth-order valence-electron chi connectivity index (χ4n) is 6.53. The second-order valence-corrected chi connectivity index (χ2v) is 11.3. The van der Waals surface area contributed by atoms with Gasteiger partial charge in [0.15, 0.2) is 0 Å². The summed E-state index contributed by atoms with van der Waals surface area (Å²) in [6, 6.07) is 44.6. The molecule has 0 atom stereocenters. The molecule has 0 radical (unpaired) electrons. The van der Waals surface area contributed by atoms with Crippen LogP contribution in [0.1, 0.15) is 0 Å². The number of nitrogens with one attached hydrogen (secondary N) is 1. The van der Waals surface area contributed by atoms with Crippen molar-refractivity contribution in [2.24, 2.45) is 0 Å². The van der Waals surface area contributed by atoms with E-state index in [4.69, 9.17) is 0 Å². The van der Waals surface area contributed by atoms with Crippen molar-refractivity contribution >= 4 is 85.6 Å². The van der Waals surface area contributed by atoms with E-state index >= 15 is 0 Å². The molecule has 0 aliphatic carbocycles. The number of rotatable bonds is 1. The van der Waals surface area contributed by atoms with Crippen molar-refractivity contribution in [2.45, 2.75) is 0 Å². The lowest BCUT2D eigenvalue weighted by molar-refractivity contribution is 1.55. The number of hydrogen-bond acceptors (Lipinski definition) is 1. The Bertz CT molecular complexity index is 2400. The second-order valence-electron chi connectivity index (χ2n) is 10.2. The number of thiophene rings is 1. The molecule has 0 aliphatic heterocycles. The fraction of sp³-hybridized carbons (Fsp3) is 0. The summed E-state index contributed by atoms with van der Waals surface area (Å²) in [4.78, 5) is 3.89. The largest absolute Gasteiger partial charge is 0.353 e. The van der Waals surface area contributed by atoms with Crippen LogP contribution in [0.3, 0.4) is 0 Å². The van der Waals surface area contributed by atoms with Crippen LogP contribution in [0, 0.1) is 0 Å². The lowest BCUT2D eigenvalue weighted by atomic mass is 9.95. The summed E-state index contributed by atoms with van der Waals surface area (Å²) in [5, 5.41) is 13.1. The lowest BCUT2D eigenvalue weighted by Crippen LogP contribution is -1.81. The number of aromatic amines is 1. The zero-order chi connectivity index (χ0) is 24.8. The molecule has 0 fully saturated rings. The Morgan fingerprint density at radius 2 is 1.11 bits per heavy atom. The highest BCUT2D eigenvalue weighted by Crippen LogP contribution is 2.43. The van der Waals surface area contributed by atoms with Gasteiger partial charge in [-0.05, 0) is 50.7 Å². The molecule has 0 spiro atoms. The third-order valence-corrected chi connectivity index (χ3v) is 9.32. The summed E-state index contributed by atoms with van der Waals surface area (Å²) in [5.41, 5.74) is 4.91. The van der Waals surface area contributed by atoms with Crippen molar-refractivity contribution in [3.05, 3.63) is 121 Å². The van der Waals surface area contributed by atoms with E-state index in [0.717, 1.165) is 0 Å². The minimum Gasteiger partial charge on any atom is -0.353 e. The molecule has 1 nitrogen and oxygen atoms in total. The van der Waals surface area contributed by atoms with E-state index in [1.165, 1.54) is 85.4 Å². The Hall–Kier alpha value is -4.66. The third kappa shape index (κ3) is 2.65. The van der Waals surface area contributed by atoms with E-state index < -0.39 is 0 Å². The average Bonchev–Trinajstić information content (AvgIpc) is 3.56. The highest BCUT2D eigenvalue weighted by atomic mass is 32.1. The van der Waals surface area contributed by atoms with Gasteiger partial charge in [-0.2, -0.15) is 0 Å². The van der Waals surface area contributed by atoms with Gasteiger partial charge < -0.3 is 4.98 Å². The van der Waals surface area contributed by atoms with Crippen molar-refractivity contribution in [1.82, 2.24) is 4.98 Å². The first-order valence-corrected chi connectivity index (χ1v) is 13.8. The molecule has 0 amide bonds. The molecule has 9 rings (SSSR count). The van der Waals surface area contributed by atoms with E-state index in [2.05, 4.69) is 126 Å². The Morgan fingerprint density at radius 3 is 1.97 bits per heavy atom. The number of H-pyrrole nitrogens is 1. The van der Waals surface area contributed by atoms with Gasteiger partial charge in [-0.1, -0.05) is 103 Å². The molecule has 0 saturated carbocycles. The van der Waals surface area contributed by atoms with Gasteiger partial charge in [0.05, 0.1) is 11.0 Å². The number of benzene rings is 7. The molecule has 2 heteroatoms. The van der Waals surface area contributed by atoms with Gasteiger partial charge in [0.2, 0.25) is 0 Å². The molecule has 0 saturated heterocycles. The highest BCUT2D eigenvalue weighted by molar-refractivity contribution is 7.26. The molecular weight excluding hydrogens is 478 g/mol. The van der Waals surface area contributed by atoms with Crippen molar-refractivity contribution < 1.29 is 0 Å². The fourth-order valence-corrected chi connectivity index (χ4v) is 7.63. The lowest BCUT2D eigenvalue weighted by Gasteiger charge is -2.07. The summed E-state index contributed by atoms with van der Waals surface area (Å²) in [6.45, 7) is 0. The number of hydrogen-bond donors (Lipinski definition) is 1. The van der Waals surface area contributed by atoms with E-state index in [9.17, 15) is 0 Å². The topological polar surface area (TPSA) is 15.8 Å². The summed E-state index contributed by atoms with van der Waals surface area (Å²) >= 11 is 1.88. The number of aromatic nitrogens is 1. The van der Waals surface area contributed by atoms with Crippen molar-refractivity contribution in [2.75, 3.05) is 0 Å². The normalized spacial score (nSPS) is 12.2. The molecule has 1 N–H and O–H groups in total. The molecule has 0 bridgehead atoms. The monoisotopic (exact) mass is 499 g/mol. The zero-order valence-corrected chi connectivity index (χ0v) is 21.3. The first kappa shape index (κ1) is 20.4. The van der Waals surface area contributed by atoms with Gasteiger partial charge in [-0.25, -0.2) is 0 Å². The Morgan fingerprint density at radius 1 is 0.421 bits per heavy atom. The molecule has 0 unspecified atom stereocenters. The maximum Gasteiger partial charge on any atom is 0.0551 e. The molecule has 38 heavy (non-hydrogen) atoms. The molecular formula is C36H21NS. The van der Waals surface area contributed by atoms with Gasteiger partial charge in [-0.15, -0.1) is 11.3 Å². The van der Waals surface area contributed by atoms with Gasteiger partial charge >= 0.3 is 0 Å². The molecule has 0 aliphatic rings. The predicted molar refractivity (Wildman–Crippen MR) is 167 cm³/mol. The van der Waals surface area contributed by atoms with Gasteiger partial charge in [0, 0.05) is 41.9 Å². The molecule has 7 aromatic carbocycles. The Balaban J connectivity index is 1.40. The van der Waals surface area contributed by atoms with Crippen LogP contribution in [0.25, 0.3) is 85.4 Å². The van der Waals surface area contributed by atoms with Crippen LogP contribution in [-0.4, -0.2) is 4.98 Å². The van der Waals surface area contributed by atoms with Gasteiger partial charge in [0.25, 0.3) is 0 Å². The minimum atomic E-state index is 1.20. The van der Waals surface area contributed by atoms with Crippen LogP contribution in [0.2, 0.25) is 0 Å². The maximum absolute atomic E-state index is 3.89. The van der Waals surface area contributed by atoms with Gasteiger partial charge in [-0.3, -0.25) is 0 Å². The van der Waals surface area contributed by atoms with Crippen LogP contribution in [-0.2, 0) is 0 Å². The first-order chi connectivity index (χ1) is 18.8. The Kier molecular flexibility index (Phi) is 3.99. The predicted octanol–water partition coefficient (Wildman–Crippen LogP) is 10.8. The van der Waals surface area contributed by atoms with Crippen LogP contribution >= 0.6 is 11.3 Å². The smallest absolute Gasteiger partial charge is 0.0551 e. The van der Waals surface area contributed by atoms with Crippen molar-refractivity contribution in [1.29, 1.82) is 0 Å². The maximum atomic E-state index is 3.89. The van der Waals surface area contributed by atoms with Crippen LogP contribution in [0.15, 0.2) is 121 Å². The van der Waals surface area contributed by atoms with E-state index in [1.807, 2.05) is 11.3 Å². The van der Waals surface area contributed by atoms with Gasteiger partial charge in [0.1, 0.15) is 0 Å². The van der Waals surface area contributed by atoms with E-state index in [-0.39, 0.29) is 0 Å². The zero-order valence-electron chi connectivity index (χ0n) is 20.5. The summed E-state index contributed by atoms with van der Waals surface area (Å²) in [6.07, 6.45) is 0. The summed E-state index contributed by atoms with van der Waals surface area (Å²) in [7, 11) is 0. The summed E-state index contributed by atoms with van der Waals surface area (Å²) < 4.78 is 2.68. The first-order valence-electron chi connectivity index (χ1n) is 13.0. The van der Waals surface area contributed by atoms with Crippen LogP contribution in [0.5, 0.6) is 0 Å². The average molecular weight is 500 g/mol. The number of para-hydroxylation sites is 1. The van der Waals surface area contributed by atoms with Crippen LogP contribution < -0.4 is 0 Å². The molecule has 9 aromatic rings. The number of fused-ring (bicyclic) bond motifs is 13. The van der Waals surface area contributed by atoms with Crippen molar-refractivity contribution in [3.63, 3.8) is 0 Å². The molecule has 2 heterocycles. The molecule has 176 valence electrons. The van der Waals surface area contributed by atoms with E-state index in [1.54, 1.807) is 0 Å². The SMILES string of the molecule is c1ccc2c(c1)ccc1sc3ccc(-c4cccc5c4[nH]c4c6ccccc6c6ccccc6c54)cc3c12. The molecule has 2 aromatic heterocycles. The van der Waals surface area contributed by atoms with Crippen LogP contribution in [0.4, 0.5) is 0 Å². The standard InChI is InChI=1S/C36H21NS/c1-2-9-23-21(8-1)16-19-32-33(23)30-20-22(17-18-31(30)38-32)24-14-7-15-29-34-27-12-5-3-10-25(27)26-11-4-6-13-28(26)36(34)37-35(24)29/h1-20,37H. The minimum absolute atomic E-state index is 1.20. The third-order valence-electron chi connectivity index (χ3n) is 8.19. The highest BCUT2D eigenvalue weighted by Gasteiger charge is 2.17. The summed E-state index contributed by atoms with van der Waals surface area (Å²) in [5.74, 6) is 0. The quantitative estimate of drug-likeness (QED) is 0.216.